The summed E-state index contributed by atoms with van der Waals surface area (Å²) < 4.78 is 0. The summed E-state index contributed by atoms with van der Waals surface area (Å²) in [5.74, 6) is 0. The predicted molar refractivity (Wildman–Crippen MR) is 69.9 cm³/mol. The standard InChI is InChI=1S/C11H18N4O5/c1-3-7(2)12-11(16)13-8-4-9(14(17)18)6-10(5-8)15(19)20/h4-7,14-15,17,19H,3H2,1-2H3,(H2,12,13,16)/t7-/m1/s1. The monoisotopic (exact) mass is 286 g/mol. The van der Waals surface area contributed by atoms with Crippen molar-refractivity contribution in [2.24, 2.45) is 0 Å². The molecule has 0 radical (unpaired) electrons. The number of quaternary nitrogens is 2. The van der Waals surface area contributed by atoms with Crippen molar-refractivity contribution < 1.29 is 25.7 Å². The molecule has 2 amide bonds. The summed E-state index contributed by atoms with van der Waals surface area (Å²) in [4.78, 5) is 11.6. The van der Waals surface area contributed by atoms with E-state index in [0.29, 0.717) is 0 Å². The van der Waals surface area contributed by atoms with Crippen LogP contribution in [0.25, 0.3) is 0 Å². The van der Waals surface area contributed by atoms with Gasteiger partial charge in [-0.15, -0.1) is 0 Å². The van der Waals surface area contributed by atoms with E-state index in [0.717, 1.165) is 12.5 Å². The van der Waals surface area contributed by atoms with Crippen LogP contribution in [0, 0.1) is 10.4 Å². The summed E-state index contributed by atoms with van der Waals surface area (Å²) in [5.41, 5.74) is -0.296. The first-order chi connectivity index (χ1) is 9.33. The first-order valence-electron chi connectivity index (χ1n) is 6.02. The molecule has 1 aromatic carbocycles. The Hall–Kier alpha value is -1.75. The second-order valence-corrected chi connectivity index (χ2v) is 4.32. The number of rotatable bonds is 5. The molecule has 0 bridgehead atoms. The lowest BCUT2D eigenvalue weighted by molar-refractivity contribution is -0.996. The van der Waals surface area contributed by atoms with Gasteiger partial charge in [0.15, 0.2) is 11.4 Å². The molecule has 1 rings (SSSR count). The topological polar surface area (TPSA) is 137 Å². The lowest BCUT2D eigenvalue weighted by atomic mass is 10.2. The maximum absolute atomic E-state index is 11.6. The highest BCUT2D eigenvalue weighted by molar-refractivity contribution is 5.90. The van der Waals surface area contributed by atoms with Crippen LogP contribution in [0.3, 0.4) is 0 Å². The third-order valence-corrected chi connectivity index (χ3v) is 2.67. The number of anilines is 1. The van der Waals surface area contributed by atoms with Crippen molar-refractivity contribution in [2.45, 2.75) is 26.3 Å². The molecule has 0 aromatic heterocycles. The van der Waals surface area contributed by atoms with E-state index in [9.17, 15) is 15.2 Å². The van der Waals surface area contributed by atoms with E-state index >= 15 is 0 Å². The Balaban J connectivity index is 2.91. The van der Waals surface area contributed by atoms with Crippen molar-refractivity contribution in [3.63, 3.8) is 0 Å². The summed E-state index contributed by atoms with van der Waals surface area (Å²) in [6, 6.07) is 2.87. The zero-order chi connectivity index (χ0) is 15.3. The summed E-state index contributed by atoms with van der Waals surface area (Å²) in [7, 11) is 0. The van der Waals surface area contributed by atoms with Gasteiger partial charge in [-0.25, -0.2) is 15.2 Å². The van der Waals surface area contributed by atoms with Crippen LogP contribution in [-0.2, 0) is 0 Å². The van der Waals surface area contributed by atoms with Crippen molar-refractivity contribution in [2.75, 3.05) is 5.32 Å². The fourth-order valence-electron chi connectivity index (χ4n) is 1.44. The fourth-order valence-corrected chi connectivity index (χ4v) is 1.44. The highest BCUT2D eigenvalue weighted by Crippen LogP contribution is 2.17. The molecular weight excluding hydrogens is 268 g/mol. The second-order valence-electron chi connectivity index (χ2n) is 4.32. The zero-order valence-electron chi connectivity index (χ0n) is 11.1. The first-order valence-corrected chi connectivity index (χ1v) is 6.02. The van der Waals surface area contributed by atoms with E-state index in [1.165, 1.54) is 12.1 Å². The van der Waals surface area contributed by atoms with Gasteiger partial charge in [0, 0.05) is 18.2 Å². The predicted octanol–water partition coefficient (Wildman–Crippen LogP) is -0.587. The number of nitrogens with one attached hydrogen (secondary N) is 4. The van der Waals surface area contributed by atoms with Crippen LogP contribution in [-0.4, -0.2) is 22.5 Å². The average Bonchev–Trinajstić information content (AvgIpc) is 2.37. The molecule has 0 aliphatic carbocycles. The van der Waals surface area contributed by atoms with Gasteiger partial charge in [0.05, 0.1) is 11.8 Å². The maximum atomic E-state index is 11.6. The molecule has 9 nitrogen and oxygen atoms in total. The number of carbonyl (C=O) groups is 1. The second kappa shape index (κ2) is 7.14. The molecule has 0 spiro atoms. The minimum atomic E-state index is -1.27. The number of hydrogen-bond acceptors (Lipinski definition) is 5. The summed E-state index contributed by atoms with van der Waals surface area (Å²) in [5, 5.41) is 42.2. The molecule has 6 N–H and O–H groups in total. The number of carbonyl (C=O) groups excluding carboxylic acids is 1. The Morgan fingerprint density at radius 1 is 1.25 bits per heavy atom. The number of amides is 2. The van der Waals surface area contributed by atoms with Gasteiger partial charge in [0.1, 0.15) is 0 Å². The Bertz CT molecular complexity index is 440. The lowest BCUT2D eigenvalue weighted by Crippen LogP contribution is -3.00. The largest absolute Gasteiger partial charge is 0.595 e. The van der Waals surface area contributed by atoms with Gasteiger partial charge >= 0.3 is 6.03 Å². The van der Waals surface area contributed by atoms with Crippen molar-refractivity contribution in [1.82, 2.24) is 5.32 Å². The molecule has 3 atom stereocenters. The van der Waals surface area contributed by atoms with Crippen molar-refractivity contribution in [3.05, 3.63) is 28.6 Å². The SMILES string of the molecule is CC[C@@H](C)NC(=O)Nc1cc([NH+]([O-])O)cc([NH+]([O-])O)c1. The maximum Gasteiger partial charge on any atom is 0.319 e. The molecule has 9 heteroatoms. The first kappa shape index (κ1) is 16.3. The van der Waals surface area contributed by atoms with Crippen LogP contribution >= 0.6 is 0 Å². The molecule has 20 heavy (non-hydrogen) atoms. The highest BCUT2D eigenvalue weighted by atomic mass is 16.8. The Morgan fingerprint density at radius 3 is 2.15 bits per heavy atom. The Labute approximate surface area is 115 Å². The van der Waals surface area contributed by atoms with Gasteiger partial charge in [-0.05, 0) is 13.3 Å². The quantitative estimate of drug-likeness (QED) is 0.402. The molecule has 112 valence electrons. The normalized spacial score (nSPS) is 15.3. The molecule has 0 fully saturated rings. The summed E-state index contributed by atoms with van der Waals surface area (Å²) in [6.07, 6.45) is 0.739. The molecule has 0 aliphatic heterocycles. The van der Waals surface area contributed by atoms with Crippen LogP contribution in [0.4, 0.5) is 21.9 Å². The summed E-state index contributed by atoms with van der Waals surface area (Å²) >= 11 is 0. The zero-order valence-corrected chi connectivity index (χ0v) is 11.1. The third kappa shape index (κ3) is 4.74. The van der Waals surface area contributed by atoms with Gasteiger partial charge in [-0.2, -0.15) is 10.5 Å². The molecule has 0 aliphatic rings. The smallest absolute Gasteiger partial charge is 0.319 e. The molecule has 0 heterocycles. The Kier molecular flexibility index (Phi) is 5.82. The van der Waals surface area contributed by atoms with Crippen LogP contribution in [0.5, 0.6) is 0 Å². The van der Waals surface area contributed by atoms with Gasteiger partial charge in [0.2, 0.25) is 0 Å². The lowest BCUT2D eigenvalue weighted by Gasteiger charge is -2.18. The fraction of sp³-hybridized carbons (Fsp3) is 0.364. The molecule has 2 unspecified atom stereocenters. The van der Waals surface area contributed by atoms with E-state index in [1.54, 1.807) is 0 Å². The molecular formula is C11H18N4O5. The van der Waals surface area contributed by atoms with Crippen molar-refractivity contribution >= 4 is 23.1 Å². The van der Waals surface area contributed by atoms with Crippen LogP contribution in [0.2, 0.25) is 0 Å². The minimum Gasteiger partial charge on any atom is -0.595 e. The van der Waals surface area contributed by atoms with Crippen molar-refractivity contribution in [1.29, 1.82) is 0 Å². The Morgan fingerprint density at radius 2 is 1.75 bits per heavy atom. The van der Waals surface area contributed by atoms with E-state index in [2.05, 4.69) is 10.6 Å². The van der Waals surface area contributed by atoms with Gasteiger partial charge in [0.25, 0.3) is 0 Å². The number of urea groups is 1. The van der Waals surface area contributed by atoms with E-state index in [1.807, 2.05) is 13.8 Å². The molecule has 0 saturated carbocycles. The van der Waals surface area contributed by atoms with Crippen LogP contribution in [0.15, 0.2) is 18.2 Å². The van der Waals surface area contributed by atoms with E-state index in [4.69, 9.17) is 10.4 Å². The minimum absolute atomic E-state index is 0.0448. The third-order valence-electron chi connectivity index (χ3n) is 2.67. The highest BCUT2D eigenvalue weighted by Gasteiger charge is 2.13. The van der Waals surface area contributed by atoms with Crippen LogP contribution in [0.1, 0.15) is 20.3 Å². The molecule has 1 aromatic rings. The van der Waals surface area contributed by atoms with Gasteiger partial charge in [-0.1, -0.05) is 6.92 Å². The number of benzene rings is 1. The van der Waals surface area contributed by atoms with Crippen molar-refractivity contribution in [3.8, 4) is 0 Å². The van der Waals surface area contributed by atoms with Gasteiger partial charge in [-0.3, -0.25) is 0 Å². The average molecular weight is 286 g/mol. The number of hydrogen-bond donors (Lipinski definition) is 6. The summed E-state index contributed by atoms with van der Waals surface area (Å²) in [6.45, 7) is 3.72. The van der Waals surface area contributed by atoms with Gasteiger partial charge < -0.3 is 21.0 Å². The van der Waals surface area contributed by atoms with E-state index in [-0.39, 0.29) is 23.1 Å². The van der Waals surface area contributed by atoms with E-state index < -0.39 is 16.5 Å². The molecule has 0 saturated heterocycles. The van der Waals surface area contributed by atoms with Crippen LogP contribution < -0.4 is 21.1 Å².